The Labute approximate surface area is 108 Å². The number of nitrogens with zero attached hydrogens (tertiary/aromatic N) is 2. The molecule has 1 N–H and O–H groups in total. The summed E-state index contributed by atoms with van der Waals surface area (Å²) in [7, 11) is 0. The topological polar surface area (TPSA) is 50.7 Å². The standard InChI is InChI=1S/C11H11Cl2N3O/c1-6-7(2)16(4-3-9(12)13)10-8(6)5-14-15-11(10)17/h3,5H,4H2,1-2H3,(H,15,17). The third-order valence-corrected chi connectivity index (χ3v) is 3.19. The molecule has 4 nitrogen and oxygen atoms in total. The summed E-state index contributed by atoms with van der Waals surface area (Å²) >= 11 is 11.2. The van der Waals surface area contributed by atoms with E-state index in [1.165, 1.54) is 0 Å². The van der Waals surface area contributed by atoms with Gasteiger partial charge in [-0.2, -0.15) is 5.10 Å². The van der Waals surface area contributed by atoms with E-state index < -0.39 is 0 Å². The van der Waals surface area contributed by atoms with Gasteiger partial charge in [-0.15, -0.1) is 0 Å². The molecule has 0 unspecified atom stereocenters. The lowest BCUT2D eigenvalue weighted by Crippen LogP contribution is -2.12. The van der Waals surface area contributed by atoms with Gasteiger partial charge < -0.3 is 4.57 Å². The molecule has 0 atom stereocenters. The van der Waals surface area contributed by atoms with Crippen LogP contribution in [0.25, 0.3) is 10.9 Å². The van der Waals surface area contributed by atoms with E-state index in [0.717, 1.165) is 16.6 Å². The van der Waals surface area contributed by atoms with Crippen molar-refractivity contribution in [2.24, 2.45) is 0 Å². The summed E-state index contributed by atoms with van der Waals surface area (Å²) in [6.45, 7) is 4.37. The van der Waals surface area contributed by atoms with Crippen molar-refractivity contribution < 1.29 is 0 Å². The Kier molecular flexibility index (Phi) is 3.26. The van der Waals surface area contributed by atoms with Crippen molar-refractivity contribution in [1.82, 2.24) is 14.8 Å². The quantitative estimate of drug-likeness (QED) is 0.913. The molecular weight excluding hydrogens is 261 g/mol. The van der Waals surface area contributed by atoms with Crippen LogP contribution in [-0.2, 0) is 6.54 Å². The number of rotatable bonds is 2. The number of hydrogen-bond donors (Lipinski definition) is 1. The van der Waals surface area contributed by atoms with Gasteiger partial charge in [0, 0.05) is 17.6 Å². The highest BCUT2D eigenvalue weighted by Crippen LogP contribution is 2.22. The molecule has 0 saturated heterocycles. The van der Waals surface area contributed by atoms with Gasteiger partial charge in [0.05, 0.1) is 6.20 Å². The number of fused-ring (bicyclic) bond motifs is 1. The number of halogens is 2. The van der Waals surface area contributed by atoms with Crippen molar-refractivity contribution in [3.8, 4) is 0 Å². The third kappa shape index (κ3) is 2.10. The minimum atomic E-state index is -0.210. The van der Waals surface area contributed by atoms with E-state index >= 15 is 0 Å². The van der Waals surface area contributed by atoms with Crippen LogP contribution in [0.15, 0.2) is 21.6 Å². The first kappa shape index (κ1) is 12.2. The van der Waals surface area contributed by atoms with E-state index in [9.17, 15) is 4.79 Å². The minimum Gasteiger partial charge on any atom is -0.336 e. The van der Waals surface area contributed by atoms with E-state index in [1.54, 1.807) is 12.3 Å². The first-order chi connectivity index (χ1) is 8.02. The predicted octanol–water partition coefficient (Wildman–Crippen LogP) is 2.66. The number of H-pyrrole nitrogens is 1. The molecule has 0 aliphatic carbocycles. The van der Waals surface area contributed by atoms with Gasteiger partial charge in [0.25, 0.3) is 5.56 Å². The molecule has 6 heteroatoms. The van der Waals surface area contributed by atoms with Gasteiger partial charge in [-0.3, -0.25) is 4.79 Å². The van der Waals surface area contributed by atoms with Crippen LogP contribution in [0.5, 0.6) is 0 Å². The Hall–Kier alpha value is -1.26. The summed E-state index contributed by atoms with van der Waals surface area (Å²) in [6.07, 6.45) is 3.30. The van der Waals surface area contributed by atoms with E-state index in [1.807, 2.05) is 18.4 Å². The van der Waals surface area contributed by atoms with Gasteiger partial charge in [-0.1, -0.05) is 23.2 Å². The van der Waals surface area contributed by atoms with Crippen molar-refractivity contribution >= 4 is 34.1 Å². The molecule has 2 rings (SSSR count). The summed E-state index contributed by atoms with van der Waals surface area (Å²) in [5.74, 6) is 0. The lowest BCUT2D eigenvalue weighted by atomic mass is 10.2. The lowest BCUT2D eigenvalue weighted by molar-refractivity contribution is 0.814. The highest BCUT2D eigenvalue weighted by Gasteiger charge is 2.13. The fraction of sp³-hybridized carbons (Fsp3) is 0.273. The highest BCUT2D eigenvalue weighted by molar-refractivity contribution is 6.55. The molecule has 0 amide bonds. The van der Waals surface area contributed by atoms with E-state index in [2.05, 4.69) is 10.2 Å². The molecule has 90 valence electrons. The van der Waals surface area contributed by atoms with Crippen molar-refractivity contribution in [3.63, 3.8) is 0 Å². The largest absolute Gasteiger partial charge is 0.336 e. The fourth-order valence-corrected chi connectivity index (χ4v) is 2.03. The maximum Gasteiger partial charge on any atom is 0.288 e. The normalized spacial score (nSPS) is 10.8. The number of aromatic nitrogens is 3. The van der Waals surface area contributed by atoms with Gasteiger partial charge in [-0.05, 0) is 25.5 Å². The molecule has 2 aromatic heterocycles. The Bertz CT molecular complexity index is 651. The second kappa shape index (κ2) is 4.55. The molecule has 0 aliphatic rings. The SMILES string of the molecule is Cc1c(C)n(CC=C(Cl)Cl)c2c(=O)[nH]ncc12. The van der Waals surface area contributed by atoms with Gasteiger partial charge >= 0.3 is 0 Å². The van der Waals surface area contributed by atoms with Crippen molar-refractivity contribution in [1.29, 1.82) is 0 Å². The van der Waals surface area contributed by atoms with Crippen molar-refractivity contribution in [2.75, 3.05) is 0 Å². The Morgan fingerprint density at radius 2 is 2.24 bits per heavy atom. The maximum atomic E-state index is 11.8. The molecule has 0 aromatic carbocycles. The molecule has 0 bridgehead atoms. The van der Waals surface area contributed by atoms with Crippen LogP contribution in [0.2, 0.25) is 0 Å². The lowest BCUT2D eigenvalue weighted by Gasteiger charge is -2.03. The second-order valence-electron chi connectivity index (χ2n) is 3.78. The Morgan fingerprint density at radius 3 is 2.88 bits per heavy atom. The molecule has 0 saturated carbocycles. The summed E-state index contributed by atoms with van der Waals surface area (Å²) in [6, 6.07) is 0. The number of aryl methyl sites for hydroxylation is 1. The van der Waals surface area contributed by atoms with Crippen molar-refractivity contribution in [3.05, 3.63) is 38.4 Å². The highest BCUT2D eigenvalue weighted by atomic mass is 35.5. The van der Waals surface area contributed by atoms with E-state index in [4.69, 9.17) is 23.2 Å². The molecule has 17 heavy (non-hydrogen) atoms. The average molecular weight is 272 g/mol. The van der Waals surface area contributed by atoms with Gasteiger partial charge in [0.1, 0.15) is 10.0 Å². The number of allylic oxidation sites excluding steroid dienone is 1. The molecule has 0 radical (unpaired) electrons. The van der Waals surface area contributed by atoms with Gasteiger partial charge in [0.15, 0.2) is 0 Å². The van der Waals surface area contributed by atoms with Crippen LogP contribution in [0.1, 0.15) is 11.3 Å². The van der Waals surface area contributed by atoms with Crippen LogP contribution in [-0.4, -0.2) is 14.8 Å². The number of aromatic amines is 1. The maximum absolute atomic E-state index is 11.8. The van der Waals surface area contributed by atoms with Crippen LogP contribution < -0.4 is 5.56 Å². The van der Waals surface area contributed by atoms with Gasteiger partial charge in [-0.25, -0.2) is 5.10 Å². The van der Waals surface area contributed by atoms with Crippen molar-refractivity contribution in [2.45, 2.75) is 20.4 Å². The zero-order chi connectivity index (χ0) is 12.6. The smallest absolute Gasteiger partial charge is 0.288 e. The predicted molar refractivity (Wildman–Crippen MR) is 69.6 cm³/mol. The molecule has 0 aliphatic heterocycles. The summed E-state index contributed by atoms with van der Waals surface area (Å²) in [4.78, 5) is 11.8. The average Bonchev–Trinajstić information content (AvgIpc) is 2.52. The first-order valence-corrected chi connectivity index (χ1v) is 5.82. The summed E-state index contributed by atoms with van der Waals surface area (Å²) in [5.41, 5.74) is 2.43. The van der Waals surface area contributed by atoms with Crippen LogP contribution in [0.3, 0.4) is 0 Å². The zero-order valence-electron chi connectivity index (χ0n) is 9.42. The summed E-state index contributed by atoms with van der Waals surface area (Å²) < 4.78 is 2.06. The van der Waals surface area contributed by atoms with Gasteiger partial charge in [0.2, 0.25) is 0 Å². The number of hydrogen-bond acceptors (Lipinski definition) is 2. The molecule has 0 spiro atoms. The fourth-order valence-electron chi connectivity index (χ4n) is 1.89. The Balaban J connectivity index is 2.74. The first-order valence-electron chi connectivity index (χ1n) is 5.06. The monoisotopic (exact) mass is 271 g/mol. The zero-order valence-corrected chi connectivity index (χ0v) is 10.9. The molecule has 2 heterocycles. The van der Waals surface area contributed by atoms with Crippen LogP contribution in [0.4, 0.5) is 0 Å². The van der Waals surface area contributed by atoms with Crippen LogP contribution >= 0.6 is 23.2 Å². The summed E-state index contributed by atoms with van der Waals surface area (Å²) in [5, 5.41) is 7.09. The van der Waals surface area contributed by atoms with Crippen LogP contribution in [0, 0.1) is 13.8 Å². The van der Waals surface area contributed by atoms with E-state index in [0.29, 0.717) is 12.1 Å². The Morgan fingerprint density at radius 1 is 1.53 bits per heavy atom. The number of nitrogens with one attached hydrogen (secondary N) is 1. The molecular formula is C11H11Cl2N3O. The minimum absolute atomic E-state index is 0.189. The molecule has 0 fully saturated rings. The molecule has 2 aromatic rings. The third-order valence-electron chi connectivity index (χ3n) is 2.88. The second-order valence-corrected chi connectivity index (χ2v) is 4.78. The van der Waals surface area contributed by atoms with E-state index in [-0.39, 0.29) is 10.1 Å².